The number of aromatic nitrogens is 2. The lowest BCUT2D eigenvalue weighted by molar-refractivity contribution is 0.377. The average Bonchev–Trinajstić information content (AvgIpc) is 2.53. The molecular weight excluding hydrogens is 248 g/mol. The van der Waals surface area contributed by atoms with Crippen LogP contribution in [0, 0.1) is 0 Å². The Morgan fingerprint density at radius 1 is 1.20 bits per heavy atom. The molecule has 1 aliphatic rings. The first-order valence-corrected chi connectivity index (χ1v) is 7.53. The molecule has 1 saturated heterocycles. The number of benzene rings is 1. The van der Waals surface area contributed by atoms with Crippen LogP contribution in [0.3, 0.4) is 0 Å². The van der Waals surface area contributed by atoms with E-state index in [4.69, 9.17) is 4.98 Å². The lowest BCUT2D eigenvalue weighted by atomic mass is 10.1. The van der Waals surface area contributed by atoms with Crippen LogP contribution in [-0.4, -0.2) is 35.1 Å². The minimum atomic E-state index is 0.508. The number of nitrogens with zero attached hydrogens (tertiary/aromatic N) is 3. The van der Waals surface area contributed by atoms with Crippen molar-refractivity contribution in [3.63, 3.8) is 0 Å². The van der Waals surface area contributed by atoms with E-state index in [1.807, 2.05) is 30.5 Å². The van der Waals surface area contributed by atoms with Gasteiger partial charge in [-0.3, -0.25) is 4.98 Å². The Morgan fingerprint density at radius 3 is 2.75 bits per heavy atom. The summed E-state index contributed by atoms with van der Waals surface area (Å²) in [5.74, 6) is 1.01. The van der Waals surface area contributed by atoms with Gasteiger partial charge in [0, 0.05) is 25.2 Å². The van der Waals surface area contributed by atoms with E-state index in [0.717, 1.165) is 42.8 Å². The van der Waals surface area contributed by atoms with E-state index in [1.165, 1.54) is 0 Å². The molecule has 3 rings (SSSR count). The summed E-state index contributed by atoms with van der Waals surface area (Å²) in [4.78, 5) is 11.8. The molecule has 0 aliphatic carbocycles. The number of hydrogen-bond acceptors (Lipinski definition) is 4. The first-order valence-electron chi connectivity index (χ1n) is 7.53. The maximum absolute atomic E-state index is 4.80. The Hall–Kier alpha value is -1.68. The number of piperazine rings is 1. The molecule has 0 bridgehead atoms. The molecule has 20 heavy (non-hydrogen) atoms. The Morgan fingerprint density at radius 2 is 2.00 bits per heavy atom. The summed E-state index contributed by atoms with van der Waals surface area (Å²) in [7, 11) is 0. The number of anilines is 1. The van der Waals surface area contributed by atoms with Gasteiger partial charge in [0.05, 0.1) is 17.2 Å². The van der Waals surface area contributed by atoms with Crippen LogP contribution in [0.1, 0.15) is 26.7 Å². The number of fused-ring (bicyclic) bond motifs is 1. The fourth-order valence-electron chi connectivity index (χ4n) is 2.87. The predicted octanol–water partition coefficient (Wildman–Crippen LogP) is 2.60. The minimum absolute atomic E-state index is 0.508. The lowest BCUT2D eigenvalue weighted by Crippen LogP contribution is -2.56. The molecule has 2 heterocycles. The van der Waals surface area contributed by atoms with Crippen molar-refractivity contribution in [1.82, 2.24) is 15.3 Å². The molecular formula is C16H22N4. The zero-order valence-corrected chi connectivity index (χ0v) is 12.2. The molecule has 2 atom stereocenters. The molecule has 4 heteroatoms. The number of hydrogen-bond donors (Lipinski definition) is 1. The fraction of sp³-hybridized carbons (Fsp3) is 0.500. The normalized spacial score (nSPS) is 23.2. The average molecular weight is 270 g/mol. The second-order valence-electron chi connectivity index (χ2n) is 5.44. The number of para-hydroxylation sites is 2. The molecule has 0 spiro atoms. The van der Waals surface area contributed by atoms with Gasteiger partial charge < -0.3 is 10.2 Å². The van der Waals surface area contributed by atoms with Crippen LogP contribution in [0.4, 0.5) is 5.82 Å². The summed E-state index contributed by atoms with van der Waals surface area (Å²) in [6.45, 7) is 6.51. The zero-order chi connectivity index (χ0) is 13.9. The molecule has 2 aromatic rings. The summed E-state index contributed by atoms with van der Waals surface area (Å²) in [5.41, 5.74) is 1.94. The molecule has 2 unspecified atom stereocenters. The highest BCUT2D eigenvalue weighted by Crippen LogP contribution is 2.21. The van der Waals surface area contributed by atoms with Crippen molar-refractivity contribution in [2.75, 3.05) is 18.0 Å². The Balaban J connectivity index is 1.94. The van der Waals surface area contributed by atoms with Gasteiger partial charge in [-0.25, -0.2) is 4.98 Å². The maximum Gasteiger partial charge on any atom is 0.148 e. The van der Waals surface area contributed by atoms with Crippen molar-refractivity contribution in [3.05, 3.63) is 30.5 Å². The molecule has 1 aromatic heterocycles. The van der Waals surface area contributed by atoms with Gasteiger partial charge in [0.2, 0.25) is 0 Å². The van der Waals surface area contributed by atoms with Crippen molar-refractivity contribution in [2.24, 2.45) is 0 Å². The molecule has 1 aliphatic heterocycles. The van der Waals surface area contributed by atoms with Gasteiger partial charge in [0.15, 0.2) is 0 Å². The SMILES string of the molecule is CCC1CN(c2cnc3ccccc3n2)C(CC)CN1. The van der Waals surface area contributed by atoms with Crippen LogP contribution in [0.5, 0.6) is 0 Å². The third-order valence-corrected chi connectivity index (χ3v) is 4.19. The van der Waals surface area contributed by atoms with Crippen molar-refractivity contribution < 1.29 is 0 Å². The van der Waals surface area contributed by atoms with Crippen molar-refractivity contribution >= 4 is 16.9 Å². The van der Waals surface area contributed by atoms with E-state index in [0.29, 0.717) is 12.1 Å². The zero-order valence-electron chi connectivity index (χ0n) is 12.2. The molecule has 0 amide bonds. The Kier molecular flexibility index (Phi) is 3.83. The topological polar surface area (TPSA) is 41.1 Å². The van der Waals surface area contributed by atoms with Crippen LogP contribution < -0.4 is 10.2 Å². The van der Waals surface area contributed by atoms with Crippen LogP contribution in [0.25, 0.3) is 11.0 Å². The molecule has 106 valence electrons. The van der Waals surface area contributed by atoms with Crippen LogP contribution in [-0.2, 0) is 0 Å². The summed E-state index contributed by atoms with van der Waals surface area (Å²) in [6, 6.07) is 9.12. The molecule has 0 radical (unpaired) electrons. The van der Waals surface area contributed by atoms with Gasteiger partial charge >= 0.3 is 0 Å². The van der Waals surface area contributed by atoms with Crippen molar-refractivity contribution in [1.29, 1.82) is 0 Å². The standard InChI is InChI=1S/C16H22N4/c1-3-12-11-20(13(4-2)9-17-12)16-10-18-14-7-5-6-8-15(14)19-16/h5-8,10,12-13,17H,3-4,9,11H2,1-2H3. The second kappa shape index (κ2) is 5.75. The smallest absolute Gasteiger partial charge is 0.148 e. The van der Waals surface area contributed by atoms with Gasteiger partial charge in [0.1, 0.15) is 5.82 Å². The largest absolute Gasteiger partial charge is 0.350 e. The van der Waals surface area contributed by atoms with Crippen LogP contribution in [0.15, 0.2) is 30.5 Å². The maximum atomic E-state index is 4.80. The highest BCUT2D eigenvalue weighted by molar-refractivity contribution is 5.75. The molecule has 1 fully saturated rings. The summed E-state index contributed by atoms with van der Waals surface area (Å²) < 4.78 is 0. The van der Waals surface area contributed by atoms with E-state index in [1.54, 1.807) is 0 Å². The Labute approximate surface area is 120 Å². The quantitative estimate of drug-likeness (QED) is 0.931. The van der Waals surface area contributed by atoms with Crippen LogP contribution >= 0.6 is 0 Å². The monoisotopic (exact) mass is 270 g/mol. The van der Waals surface area contributed by atoms with E-state index in [2.05, 4.69) is 29.0 Å². The van der Waals surface area contributed by atoms with Gasteiger partial charge in [-0.1, -0.05) is 26.0 Å². The summed E-state index contributed by atoms with van der Waals surface area (Å²) in [5, 5.41) is 3.62. The molecule has 1 aromatic carbocycles. The molecule has 4 nitrogen and oxygen atoms in total. The number of nitrogens with one attached hydrogen (secondary N) is 1. The van der Waals surface area contributed by atoms with Gasteiger partial charge in [-0.2, -0.15) is 0 Å². The van der Waals surface area contributed by atoms with Crippen LogP contribution in [0.2, 0.25) is 0 Å². The van der Waals surface area contributed by atoms with E-state index < -0.39 is 0 Å². The lowest BCUT2D eigenvalue weighted by Gasteiger charge is -2.40. The summed E-state index contributed by atoms with van der Waals surface area (Å²) >= 11 is 0. The van der Waals surface area contributed by atoms with Gasteiger partial charge in [-0.05, 0) is 25.0 Å². The second-order valence-corrected chi connectivity index (χ2v) is 5.44. The number of rotatable bonds is 3. The highest BCUT2D eigenvalue weighted by Gasteiger charge is 2.27. The minimum Gasteiger partial charge on any atom is -0.350 e. The third kappa shape index (κ3) is 2.48. The van der Waals surface area contributed by atoms with E-state index in [9.17, 15) is 0 Å². The van der Waals surface area contributed by atoms with Gasteiger partial charge in [0.25, 0.3) is 0 Å². The van der Waals surface area contributed by atoms with Gasteiger partial charge in [-0.15, -0.1) is 0 Å². The fourth-order valence-corrected chi connectivity index (χ4v) is 2.87. The van der Waals surface area contributed by atoms with Crippen molar-refractivity contribution in [3.8, 4) is 0 Å². The molecule has 1 N–H and O–H groups in total. The predicted molar refractivity (Wildman–Crippen MR) is 83.0 cm³/mol. The van der Waals surface area contributed by atoms with E-state index in [-0.39, 0.29) is 0 Å². The highest BCUT2D eigenvalue weighted by atomic mass is 15.3. The molecule has 0 saturated carbocycles. The summed E-state index contributed by atoms with van der Waals surface area (Å²) in [6.07, 6.45) is 4.19. The van der Waals surface area contributed by atoms with E-state index >= 15 is 0 Å². The third-order valence-electron chi connectivity index (χ3n) is 4.19. The first kappa shape index (κ1) is 13.3. The first-order chi connectivity index (χ1) is 9.81. The van der Waals surface area contributed by atoms with Crippen molar-refractivity contribution in [2.45, 2.75) is 38.8 Å². The Bertz CT molecular complexity index is 583.